The number of anilines is 1. The summed E-state index contributed by atoms with van der Waals surface area (Å²) in [7, 11) is -3.31. The second-order valence-electron chi connectivity index (χ2n) is 6.16. The number of pyridine rings is 1. The molecule has 0 bridgehead atoms. The van der Waals surface area contributed by atoms with E-state index in [0.29, 0.717) is 24.8 Å². The number of alkyl halides is 3. The Labute approximate surface area is 152 Å². The van der Waals surface area contributed by atoms with Gasteiger partial charge in [-0.05, 0) is 12.1 Å². The fraction of sp³-hybridized carbons (Fsp3) is 0.400. The van der Waals surface area contributed by atoms with Crippen molar-refractivity contribution in [3.05, 3.63) is 40.1 Å². The van der Waals surface area contributed by atoms with Crippen molar-refractivity contribution in [2.24, 2.45) is 0 Å². The lowest BCUT2D eigenvalue weighted by atomic mass is 10.1. The minimum atomic E-state index is -4.72. The molecule has 0 unspecified atom stereocenters. The molecule has 0 aliphatic carbocycles. The Morgan fingerprint density at radius 2 is 1.78 bits per heavy atom. The van der Waals surface area contributed by atoms with Gasteiger partial charge in [-0.1, -0.05) is 0 Å². The third-order valence-corrected chi connectivity index (χ3v) is 5.66. The fourth-order valence-corrected chi connectivity index (χ4v) is 3.79. The Bertz CT molecular complexity index is 1000. The van der Waals surface area contributed by atoms with Crippen LogP contribution in [0.15, 0.2) is 24.4 Å². The average molecular weight is 404 g/mol. The standard InChI is InChI=1S/C15H15F3N4O4S/c1-27(25,26)21-4-2-20(3-5-21)11-8-12-13(19-9-11)6-10(15(16,17)18)7-14(12)22(23)24/h6-9H,2-5H2,1H3. The molecule has 1 saturated heterocycles. The van der Waals surface area contributed by atoms with E-state index in [1.165, 1.54) is 16.6 Å². The minimum Gasteiger partial charge on any atom is -0.368 e. The van der Waals surface area contributed by atoms with Gasteiger partial charge in [0.25, 0.3) is 5.69 Å². The molecule has 1 fully saturated rings. The number of rotatable bonds is 3. The van der Waals surface area contributed by atoms with Crippen LogP contribution in [0.2, 0.25) is 0 Å². The van der Waals surface area contributed by atoms with Crippen LogP contribution in [-0.2, 0) is 16.2 Å². The molecule has 146 valence electrons. The van der Waals surface area contributed by atoms with Gasteiger partial charge < -0.3 is 4.90 Å². The number of benzene rings is 1. The van der Waals surface area contributed by atoms with Gasteiger partial charge in [0, 0.05) is 32.2 Å². The highest BCUT2D eigenvalue weighted by atomic mass is 32.2. The summed E-state index contributed by atoms with van der Waals surface area (Å²) in [5.41, 5.74) is -1.46. The van der Waals surface area contributed by atoms with Crippen molar-refractivity contribution in [2.75, 3.05) is 37.3 Å². The van der Waals surface area contributed by atoms with Gasteiger partial charge in [0.05, 0.1) is 39.5 Å². The molecule has 0 spiro atoms. The summed E-state index contributed by atoms with van der Waals surface area (Å²) < 4.78 is 63.3. The van der Waals surface area contributed by atoms with Crippen molar-refractivity contribution in [1.29, 1.82) is 0 Å². The maximum Gasteiger partial charge on any atom is 0.416 e. The van der Waals surface area contributed by atoms with Crippen molar-refractivity contribution in [2.45, 2.75) is 6.18 Å². The molecule has 2 aromatic rings. The summed E-state index contributed by atoms with van der Waals surface area (Å²) in [6.45, 7) is 1.17. The first-order chi connectivity index (χ1) is 12.5. The summed E-state index contributed by atoms with van der Waals surface area (Å²) in [5, 5.41) is 11.3. The van der Waals surface area contributed by atoms with E-state index in [1.807, 2.05) is 0 Å². The molecular formula is C15H15F3N4O4S. The van der Waals surface area contributed by atoms with Crippen molar-refractivity contribution in [3.8, 4) is 0 Å². The highest BCUT2D eigenvalue weighted by Gasteiger charge is 2.34. The van der Waals surface area contributed by atoms with Crippen molar-refractivity contribution in [1.82, 2.24) is 9.29 Å². The number of hydrogen-bond acceptors (Lipinski definition) is 6. The Morgan fingerprint density at radius 3 is 2.30 bits per heavy atom. The Hall–Kier alpha value is -2.47. The van der Waals surface area contributed by atoms with Gasteiger partial charge in [0.1, 0.15) is 0 Å². The van der Waals surface area contributed by atoms with Crippen LogP contribution in [0.1, 0.15) is 5.56 Å². The van der Waals surface area contributed by atoms with E-state index < -0.39 is 32.4 Å². The molecular weight excluding hydrogens is 389 g/mol. The van der Waals surface area contributed by atoms with Crippen molar-refractivity contribution >= 4 is 32.3 Å². The van der Waals surface area contributed by atoms with Gasteiger partial charge in [-0.25, -0.2) is 8.42 Å². The molecule has 2 heterocycles. The maximum absolute atomic E-state index is 12.9. The number of halogens is 3. The molecule has 1 aliphatic heterocycles. The fourth-order valence-electron chi connectivity index (χ4n) is 2.96. The van der Waals surface area contributed by atoms with E-state index in [4.69, 9.17) is 0 Å². The summed E-state index contributed by atoms with van der Waals surface area (Å²) >= 11 is 0. The zero-order valence-corrected chi connectivity index (χ0v) is 14.9. The molecule has 0 atom stereocenters. The number of nitro groups is 1. The van der Waals surface area contributed by atoms with Gasteiger partial charge >= 0.3 is 6.18 Å². The van der Waals surface area contributed by atoms with Crippen LogP contribution in [0.5, 0.6) is 0 Å². The molecule has 12 heteroatoms. The number of nitro benzene ring substituents is 1. The van der Waals surface area contributed by atoms with E-state index in [9.17, 15) is 31.7 Å². The molecule has 27 heavy (non-hydrogen) atoms. The van der Waals surface area contributed by atoms with Crippen LogP contribution < -0.4 is 4.90 Å². The van der Waals surface area contributed by atoms with Crippen molar-refractivity contribution < 1.29 is 26.5 Å². The molecule has 0 radical (unpaired) electrons. The first kappa shape index (κ1) is 19.3. The summed E-state index contributed by atoms with van der Waals surface area (Å²) in [6.07, 6.45) is -2.27. The van der Waals surface area contributed by atoms with E-state index >= 15 is 0 Å². The number of nitrogens with zero attached hydrogens (tertiary/aromatic N) is 4. The third-order valence-electron chi connectivity index (χ3n) is 4.36. The van der Waals surface area contributed by atoms with E-state index in [2.05, 4.69) is 4.98 Å². The highest BCUT2D eigenvalue weighted by Crippen LogP contribution is 2.36. The predicted molar refractivity (Wildman–Crippen MR) is 92.0 cm³/mol. The van der Waals surface area contributed by atoms with Crippen LogP contribution in [0.25, 0.3) is 10.9 Å². The first-order valence-electron chi connectivity index (χ1n) is 7.82. The monoisotopic (exact) mass is 404 g/mol. The van der Waals surface area contributed by atoms with Gasteiger partial charge in [-0.2, -0.15) is 17.5 Å². The molecule has 3 rings (SSSR count). The summed E-state index contributed by atoms with van der Waals surface area (Å²) in [4.78, 5) is 16.1. The van der Waals surface area contributed by atoms with Gasteiger partial charge in [-0.15, -0.1) is 0 Å². The van der Waals surface area contributed by atoms with Gasteiger partial charge in [0.15, 0.2) is 0 Å². The molecule has 0 amide bonds. The van der Waals surface area contributed by atoms with Crippen LogP contribution in [0.4, 0.5) is 24.5 Å². The smallest absolute Gasteiger partial charge is 0.368 e. The summed E-state index contributed by atoms with van der Waals surface area (Å²) in [6, 6.07) is 2.68. The zero-order chi connectivity index (χ0) is 20.0. The topological polar surface area (TPSA) is 96.7 Å². The number of fused-ring (bicyclic) bond motifs is 1. The largest absolute Gasteiger partial charge is 0.416 e. The van der Waals surface area contributed by atoms with Gasteiger partial charge in [0.2, 0.25) is 10.0 Å². The Kier molecular flexibility index (Phi) is 4.72. The van der Waals surface area contributed by atoms with Crippen molar-refractivity contribution in [3.63, 3.8) is 0 Å². The summed E-state index contributed by atoms with van der Waals surface area (Å²) in [5.74, 6) is 0. The van der Waals surface area contributed by atoms with E-state index in [-0.39, 0.29) is 24.0 Å². The number of non-ortho nitro benzene ring substituents is 1. The molecule has 1 aliphatic rings. The van der Waals surface area contributed by atoms with Crippen LogP contribution in [-0.4, -0.2) is 55.1 Å². The van der Waals surface area contributed by atoms with E-state index in [0.717, 1.165) is 12.3 Å². The van der Waals surface area contributed by atoms with Gasteiger partial charge in [-0.3, -0.25) is 15.1 Å². The normalized spacial score (nSPS) is 16.7. The highest BCUT2D eigenvalue weighted by molar-refractivity contribution is 7.88. The van der Waals surface area contributed by atoms with Crippen LogP contribution >= 0.6 is 0 Å². The number of piperazine rings is 1. The molecule has 1 aromatic carbocycles. The molecule has 0 saturated carbocycles. The minimum absolute atomic E-state index is 0.00366. The maximum atomic E-state index is 12.9. The quantitative estimate of drug-likeness (QED) is 0.575. The third kappa shape index (κ3) is 3.95. The second kappa shape index (κ2) is 6.60. The van der Waals surface area contributed by atoms with E-state index in [1.54, 1.807) is 4.90 Å². The molecule has 0 N–H and O–H groups in total. The lowest BCUT2D eigenvalue weighted by Gasteiger charge is -2.34. The molecule has 8 nitrogen and oxygen atoms in total. The number of sulfonamides is 1. The Balaban J connectivity index is 1.98. The lowest BCUT2D eigenvalue weighted by molar-refractivity contribution is -0.383. The Morgan fingerprint density at radius 1 is 1.15 bits per heavy atom. The van der Waals surface area contributed by atoms with Crippen LogP contribution in [0.3, 0.4) is 0 Å². The first-order valence-corrected chi connectivity index (χ1v) is 9.67. The van der Waals surface area contributed by atoms with Crippen LogP contribution in [0, 0.1) is 10.1 Å². The molecule has 1 aromatic heterocycles. The SMILES string of the molecule is CS(=O)(=O)N1CCN(c2cnc3cc(C(F)(F)F)cc([N+](=O)[O-])c3c2)CC1. The second-order valence-corrected chi connectivity index (χ2v) is 8.14. The average Bonchev–Trinajstić information content (AvgIpc) is 2.58. The number of aromatic nitrogens is 1. The lowest BCUT2D eigenvalue weighted by Crippen LogP contribution is -2.48. The number of hydrogen-bond donors (Lipinski definition) is 0. The zero-order valence-electron chi connectivity index (χ0n) is 14.1. The predicted octanol–water partition coefficient (Wildman–Crippen LogP) is 2.24.